The van der Waals surface area contributed by atoms with Crippen LogP contribution >= 0.6 is 15.9 Å². The predicted octanol–water partition coefficient (Wildman–Crippen LogP) is 2.02. The number of unbranched alkanes of at least 4 members (excludes halogenated alkanes) is 1. The van der Waals surface area contributed by atoms with Gasteiger partial charge in [0.15, 0.2) is 0 Å². The second kappa shape index (κ2) is 6.82. The summed E-state index contributed by atoms with van der Waals surface area (Å²) in [5, 5.41) is 21.1. The van der Waals surface area contributed by atoms with Crippen molar-refractivity contribution in [1.29, 1.82) is 0 Å². The highest BCUT2D eigenvalue weighted by molar-refractivity contribution is 9.10. The van der Waals surface area contributed by atoms with Crippen molar-refractivity contribution in [2.24, 2.45) is 0 Å². The van der Waals surface area contributed by atoms with Gasteiger partial charge in [-0.25, -0.2) is 0 Å². The third kappa shape index (κ3) is 4.64. The van der Waals surface area contributed by atoms with Crippen LogP contribution in [0.3, 0.4) is 0 Å². The van der Waals surface area contributed by atoms with Crippen LogP contribution in [-0.4, -0.2) is 23.4 Å². The van der Waals surface area contributed by atoms with E-state index in [0.717, 1.165) is 36.0 Å². The number of hydrogen-bond acceptors (Lipinski definition) is 3. The maximum Gasteiger partial charge on any atom is 0.129 e. The molecule has 0 aliphatic carbocycles. The van der Waals surface area contributed by atoms with Gasteiger partial charge in [-0.05, 0) is 53.0 Å². The molecule has 0 fully saturated rings. The van der Waals surface area contributed by atoms with Gasteiger partial charge in [0.1, 0.15) is 5.75 Å². The molecule has 0 saturated heterocycles. The molecule has 0 radical (unpaired) electrons. The Kier molecular flexibility index (Phi) is 5.68. The van der Waals surface area contributed by atoms with Crippen LogP contribution in [0.1, 0.15) is 18.4 Å². The van der Waals surface area contributed by atoms with Gasteiger partial charge in [-0.1, -0.05) is 6.07 Å². The van der Waals surface area contributed by atoms with Crippen LogP contribution in [0, 0.1) is 0 Å². The quantitative estimate of drug-likeness (QED) is 0.696. The van der Waals surface area contributed by atoms with Crippen LogP contribution in [0.2, 0.25) is 0 Å². The lowest BCUT2D eigenvalue weighted by atomic mass is 10.2. The van der Waals surface area contributed by atoms with Gasteiger partial charge in [0.2, 0.25) is 0 Å². The van der Waals surface area contributed by atoms with E-state index < -0.39 is 0 Å². The van der Waals surface area contributed by atoms with Crippen molar-refractivity contribution >= 4 is 15.9 Å². The highest BCUT2D eigenvalue weighted by atomic mass is 79.9. The summed E-state index contributed by atoms with van der Waals surface area (Å²) in [7, 11) is 0. The van der Waals surface area contributed by atoms with E-state index in [1.807, 2.05) is 12.1 Å². The van der Waals surface area contributed by atoms with Crippen LogP contribution in [-0.2, 0) is 6.54 Å². The van der Waals surface area contributed by atoms with Crippen molar-refractivity contribution in [3.63, 3.8) is 0 Å². The second-order valence-electron chi connectivity index (χ2n) is 3.39. The molecule has 1 aromatic rings. The fourth-order valence-electron chi connectivity index (χ4n) is 1.25. The molecular weight excluding hydrogens is 258 g/mol. The summed E-state index contributed by atoms with van der Waals surface area (Å²) in [5.41, 5.74) is 1.13. The molecule has 1 rings (SSSR count). The van der Waals surface area contributed by atoms with Crippen LogP contribution < -0.4 is 5.32 Å². The van der Waals surface area contributed by atoms with Gasteiger partial charge in [0, 0.05) is 13.2 Å². The number of aromatic hydroxyl groups is 1. The molecule has 0 aromatic heterocycles. The molecule has 0 heterocycles. The number of aliphatic hydroxyl groups excluding tert-OH is 1. The van der Waals surface area contributed by atoms with E-state index in [2.05, 4.69) is 21.2 Å². The topological polar surface area (TPSA) is 52.5 Å². The average molecular weight is 274 g/mol. The third-order valence-corrected chi connectivity index (χ3v) is 2.74. The summed E-state index contributed by atoms with van der Waals surface area (Å²) in [6, 6.07) is 5.46. The van der Waals surface area contributed by atoms with Gasteiger partial charge in [-0.15, -0.1) is 0 Å². The van der Waals surface area contributed by atoms with E-state index in [1.165, 1.54) is 0 Å². The van der Waals surface area contributed by atoms with Crippen molar-refractivity contribution in [3.8, 4) is 5.75 Å². The Morgan fingerprint density at radius 3 is 2.73 bits per heavy atom. The number of phenols is 1. The SMILES string of the molecule is OCCCCNCc1ccc(O)c(Br)c1. The molecule has 0 saturated carbocycles. The zero-order valence-corrected chi connectivity index (χ0v) is 10.1. The first-order chi connectivity index (χ1) is 7.24. The Balaban J connectivity index is 2.28. The predicted molar refractivity (Wildman–Crippen MR) is 63.8 cm³/mol. The summed E-state index contributed by atoms with van der Waals surface area (Å²) >= 11 is 3.27. The van der Waals surface area contributed by atoms with E-state index in [9.17, 15) is 5.11 Å². The van der Waals surface area contributed by atoms with Crippen LogP contribution in [0.25, 0.3) is 0 Å². The van der Waals surface area contributed by atoms with E-state index >= 15 is 0 Å². The zero-order chi connectivity index (χ0) is 11.1. The molecule has 3 N–H and O–H groups in total. The maximum absolute atomic E-state index is 9.29. The van der Waals surface area contributed by atoms with Crippen molar-refractivity contribution in [2.75, 3.05) is 13.2 Å². The number of halogens is 1. The van der Waals surface area contributed by atoms with Crippen LogP contribution in [0.15, 0.2) is 22.7 Å². The normalized spacial score (nSPS) is 10.5. The lowest BCUT2D eigenvalue weighted by molar-refractivity contribution is 0.283. The first-order valence-corrected chi connectivity index (χ1v) is 5.82. The molecule has 0 unspecified atom stereocenters. The number of benzene rings is 1. The van der Waals surface area contributed by atoms with Crippen LogP contribution in [0.5, 0.6) is 5.75 Å². The van der Waals surface area contributed by atoms with Gasteiger partial charge in [-0.3, -0.25) is 0 Å². The lowest BCUT2D eigenvalue weighted by Crippen LogP contribution is -2.14. The third-order valence-electron chi connectivity index (χ3n) is 2.10. The van der Waals surface area contributed by atoms with Crippen molar-refractivity contribution in [2.45, 2.75) is 19.4 Å². The molecule has 0 aliphatic heterocycles. The largest absolute Gasteiger partial charge is 0.507 e. The Labute approximate surface area is 98.3 Å². The number of nitrogens with one attached hydrogen (secondary N) is 1. The maximum atomic E-state index is 9.29. The molecule has 0 bridgehead atoms. The van der Waals surface area contributed by atoms with Crippen molar-refractivity contribution in [1.82, 2.24) is 5.32 Å². The Morgan fingerprint density at radius 2 is 2.07 bits per heavy atom. The molecule has 4 heteroatoms. The van der Waals surface area contributed by atoms with Crippen molar-refractivity contribution < 1.29 is 10.2 Å². The summed E-state index contributed by atoms with van der Waals surface area (Å²) in [6.45, 7) is 1.94. The highest BCUT2D eigenvalue weighted by Gasteiger charge is 1.98. The van der Waals surface area contributed by atoms with Gasteiger partial charge in [0.05, 0.1) is 4.47 Å². The second-order valence-corrected chi connectivity index (χ2v) is 4.25. The van der Waals surface area contributed by atoms with Gasteiger partial charge in [-0.2, -0.15) is 0 Å². The average Bonchev–Trinajstić information content (AvgIpc) is 2.23. The zero-order valence-electron chi connectivity index (χ0n) is 8.54. The molecule has 0 atom stereocenters. The number of phenolic OH excluding ortho intramolecular Hbond substituents is 1. The van der Waals surface area contributed by atoms with E-state index in [4.69, 9.17) is 5.11 Å². The molecule has 1 aromatic carbocycles. The van der Waals surface area contributed by atoms with E-state index in [0.29, 0.717) is 0 Å². The van der Waals surface area contributed by atoms with Gasteiger partial charge >= 0.3 is 0 Å². The minimum absolute atomic E-state index is 0.256. The number of aliphatic hydroxyl groups is 1. The molecule has 0 amide bonds. The molecule has 15 heavy (non-hydrogen) atoms. The molecule has 0 spiro atoms. The number of hydrogen-bond donors (Lipinski definition) is 3. The van der Waals surface area contributed by atoms with Gasteiger partial charge < -0.3 is 15.5 Å². The number of rotatable bonds is 6. The van der Waals surface area contributed by atoms with E-state index in [1.54, 1.807) is 6.07 Å². The highest BCUT2D eigenvalue weighted by Crippen LogP contribution is 2.24. The monoisotopic (exact) mass is 273 g/mol. The Bertz CT molecular complexity index is 305. The first kappa shape index (κ1) is 12.5. The molecular formula is C11H16BrNO2. The fraction of sp³-hybridized carbons (Fsp3) is 0.455. The minimum Gasteiger partial charge on any atom is -0.507 e. The van der Waals surface area contributed by atoms with E-state index in [-0.39, 0.29) is 12.4 Å². The summed E-state index contributed by atoms with van der Waals surface area (Å²) in [4.78, 5) is 0. The lowest BCUT2D eigenvalue weighted by Gasteiger charge is -2.05. The van der Waals surface area contributed by atoms with Crippen molar-refractivity contribution in [3.05, 3.63) is 28.2 Å². The first-order valence-electron chi connectivity index (χ1n) is 5.03. The summed E-state index contributed by atoms with van der Waals surface area (Å²) in [5.74, 6) is 0.263. The van der Waals surface area contributed by atoms with Crippen LogP contribution in [0.4, 0.5) is 0 Å². The molecule has 84 valence electrons. The fourth-order valence-corrected chi connectivity index (χ4v) is 1.68. The molecule has 3 nitrogen and oxygen atoms in total. The summed E-state index contributed by atoms with van der Waals surface area (Å²) < 4.78 is 0.720. The summed E-state index contributed by atoms with van der Waals surface area (Å²) in [6.07, 6.45) is 1.82. The molecule has 0 aliphatic rings. The Hall–Kier alpha value is -0.580. The standard InChI is InChI=1S/C11H16BrNO2/c12-10-7-9(3-4-11(10)15)8-13-5-1-2-6-14/h3-4,7,13-15H,1-2,5-6,8H2. The minimum atomic E-state index is 0.256. The Morgan fingerprint density at radius 1 is 1.27 bits per heavy atom. The van der Waals surface area contributed by atoms with Gasteiger partial charge in [0.25, 0.3) is 0 Å². The smallest absolute Gasteiger partial charge is 0.129 e.